The van der Waals surface area contributed by atoms with Crippen LogP contribution in [0.3, 0.4) is 0 Å². The van der Waals surface area contributed by atoms with Gasteiger partial charge in [-0.05, 0) is 19.3 Å². The second-order valence-corrected chi connectivity index (χ2v) is 6.42. The van der Waals surface area contributed by atoms with E-state index in [1.165, 1.54) is 101 Å². The van der Waals surface area contributed by atoms with Gasteiger partial charge in [0.2, 0.25) is 0 Å². The van der Waals surface area contributed by atoms with E-state index >= 15 is 0 Å². The minimum atomic E-state index is 1.37. The smallest absolute Gasteiger partial charge is 0.0788 e. The van der Waals surface area contributed by atoms with Crippen molar-refractivity contribution in [1.29, 1.82) is 5.26 Å². The summed E-state index contributed by atoms with van der Waals surface area (Å²) in [7, 11) is 0. The molecule has 1 heterocycles. The lowest BCUT2D eigenvalue weighted by atomic mass is 10.1. The molecule has 1 rings (SSSR count). The molecular formula is C18H36N2. The minimum absolute atomic E-state index is 1.37. The van der Waals surface area contributed by atoms with Crippen molar-refractivity contribution in [2.24, 2.45) is 0 Å². The molecule has 1 fully saturated rings. The zero-order valence-electron chi connectivity index (χ0n) is 14.0. The van der Waals surface area contributed by atoms with E-state index in [4.69, 9.17) is 11.8 Å². The lowest BCUT2D eigenvalue weighted by Crippen LogP contribution is -2.46. The largest absolute Gasteiger partial charge is 0.512 e. The fourth-order valence-corrected chi connectivity index (χ4v) is 3.62. The van der Waals surface area contributed by atoms with E-state index < -0.39 is 0 Å². The molecule has 20 heavy (non-hydrogen) atoms. The highest BCUT2D eigenvalue weighted by molar-refractivity contribution is 4.56. The Morgan fingerprint density at radius 2 is 1.20 bits per heavy atom. The van der Waals surface area contributed by atoms with Crippen LogP contribution in [0.4, 0.5) is 0 Å². The van der Waals surface area contributed by atoms with Gasteiger partial charge in [-0.2, -0.15) is 0 Å². The van der Waals surface area contributed by atoms with Gasteiger partial charge in [0.1, 0.15) is 0 Å². The Balaban J connectivity index is 0.00000172. The summed E-state index contributed by atoms with van der Waals surface area (Å²) in [6.45, 7) is 15.3. The van der Waals surface area contributed by atoms with Crippen molar-refractivity contribution in [3.8, 4) is 0 Å². The SMILES string of the molecule is CCCCCCCCCC[N+]1(CCC)CCCC1.[C-]#N. The van der Waals surface area contributed by atoms with Crippen LogP contribution in [0.5, 0.6) is 0 Å². The molecule has 0 bridgehead atoms. The van der Waals surface area contributed by atoms with Crippen LogP contribution in [0.2, 0.25) is 0 Å². The molecule has 0 aromatic carbocycles. The maximum atomic E-state index is 6.25. The van der Waals surface area contributed by atoms with Gasteiger partial charge < -0.3 is 16.3 Å². The second kappa shape index (κ2) is 13.4. The molecule has 0 aromatic rings. The van der Waals surface area contributed by atoms with E-state index in [-0.39, 0.29) is 0 Å². The first kappa shape index (κ1) is 19.4. The van der Waals surface area contributed by atoms with Crippen molar-refractivity contribution >= 4 is 0 Å². The van der Waals surface area contributed by atoms with E-state index in [9.17, 15) is 0 Å². The summed E-state index contributed by atoms with van der Waals surface area (Å²) < 4.78 is 1.46. The number of nitrogens with zero attached hydrogens (tertiary/aromatic N) is 2. The fraction of sp³-hybridized carbons (Fsp3) is 0.944. The Kier molecular flexibility index (Phi) is 13.1. The first-order valence-corrected chi connectivity index (χ1v) is 8.90. The summed E-state index contributed by atoms with van der Waals surface area (Å²) in [6.07, 6.45) is 16.0. The zero-order chi connectivity index (χ0) is 15.1. The molecule has 2 heteroatoms. The molecule has 2 nitrogen and oxygen atoms in total. The number of hydrogen-bond donors (Lipinski definition) is 0. The van der Waals surface area contributed by atoms with Gasteiger partial charge in [-0.1, -0.05) is 52.4 Å². The van der Waals surface area contributed by atoms with E-state index in [0.717, 1.165) is 0 Å². The highest BCUT2D eigenvalue weighted by atomic mass is 15.4. The van der Waals surface area contributed by atoms with E-state index in [2.05, 4.69) is 13.8 Å². The van der Waals surface area contributed by atoms with Crippen LogP contribution in [0.1, 0.15) is 84.5 Å². The third kappa shape index (κ3) is 8.59. The molecule has 0 aromatic heterocycles. The number of hydrogen-bond acceptors (Lipinski definition) is 1. The highest BCUT2D eigenvalue weighted by Gasteiger charge is 2.29. The number of rotatable bonds is 11. The molecular weight excluding hydrogens is 244 g/mol. The molecule has 1 saturated heterocycles. The van der Waals surface area contributed by atoms with Crippen molar-refractivity contribution in [2.45, 2.75) is 84.5 Å². The Morgan fingerprint density at radius 1 is 0.700 bits per heavy atom. The predicted octanol–water partition coefficient (Wildman–Crippen LogP) is 5.24. The molecule has 118 valence electrons. The lowest BCUT2D eigenvalue weighted by Gasteiger charge is -2.34. The third-order valence-corrected chi connectivity index (χ3v) is 4.70. The Labute approximate surface area is 127 Å². The summed E-state index contributed by atoms with van der Waals surface area (Å²) >= 11 is 0. The number of quaternary nitrogens is 1. The first-order chi connectivity index (χ1) is 9.83. The molecule has 1 aliphatic rings. The molecule has 0 atom stereocenters. The molecule has 1 aliphatic heterocycles. The predicted molar refractivity (Wildman–Crippen MR) is 86.8 cm³/mol. The average Bonchev–Trinajstić information content (AvgIpc) is 2.93. The van der Waals surface area contributed by atoms with E-state index in [1.807, 2.05) is 0 Å². The summed E-state index contributed by atoms with van der Waals surface area (Å²) in [5, 5.41) is 6.25. The van der Waals surface area contributed by atoms with Crippen molar-refractivity contribution in [3.63, 3.8) is 0 Å². The van der Waals surface area contributed by atoms with Crippen LogP contribution in [0, 0.1) is 11.8 Å². The topological polar surface area (TPSA) is 23.8 Å². The van der Waals surface area contributed by atoms with Gasteiger partial charge in [0, 0.05) is 12.8 Å². The monoisotopic (exact) mass is 280 g/mol. The van der Waals surface area contributed by atoms with E-state index in [0.29, 0.717) is 0 Å². The molecule has 0 amide bonds. The Bertz CT molecular complexity index is 217. The van der Waals surface area contributed by atoms with Gasteiger partial charge >= 0.3 is 0 Å². The Morgan fingerprint density at radius 3 is 1.70 bits per heavy atom. The van der Waals surface area contributed by atoms with Gasteiger partial charge in [-0.3, -0.25) is 0 Å². The van der Waals surface area contributed by atoms with Crippen molar-refractivity contribution in [2.75, 3.05) is 26.2 Å². The first-order valence-electron chi connectivity index (χ1n) is 8.90. The molecule has 0 N–H and O–H groups in total. The molecule has 0 unspecified atom stereocenters. The normalized spacial score (nSPS) is 16.6. The third-order valence-electron chi connectivity index (χ3n) is 4.70. The van der Waals surface area contributed by atoms with Crippen molar-refractivity contribution in [3.05, 3.63) is 6.57 Å². The van der Waals surface area contributed by atoms with Crippen molar-refractivity contribution in [1.82, 2.24) is 0 Å². The van der Waals surface area contributed by atoms with Crippen molar-refractivity contribution < 1.29 is 4.48 Å². The van der Waals surface area contributed by atoms with Gasteiger partial charge in [0.05, 0.1) is 26.2 Å². The summed E-state index contributed by atoms with van der Waals surface area (Å²) in [6, 6.07) is 0. The molecule has 0 saturated carbocycles. The van der Waals surface area contributed by atoms with Crippen LogP contribution >= 0.6 is 0 Å². The summed E-state index contributed by atoms with van der Waals surface area (Å²) in [5.41, 5.74) is 0. The van der Waals surface area contributed by atoms with Crippen LogP contribution in [-0.4, -0.2) is 30.7 Å². The quantitative estimate of drug-likeness (QED) is 0.288. The number of likely N-dealkylation sites (tertiary alicyclic amines) is 1. The average molecular weight is 280 g/mol. The maximum absolute atomic E-state index is 6.25. The lowest BCUT2D eigenvalue weighted by molar-refractivity contribution is -0.917. The van der Waals surface area contributed by atoms with Crippen LogP contribution in [0.25, 0.3) is 0 Å². The Hall–Kier alpha value is -0.550. The molecule has 0 radical (unpaired) electrons. The maximum Gasteiger partial charge on any atom is 0.0788 e. The zero-order valence-corrected chi connectivity index (χ0v) is 14.0. The van der Waals surface area contributed by atoms with Gasteiger partial charge in [0.25, 0.3) is 0 Å². The molecule has 0 aliphatic carbocycles. The van der Waals surface area contributed by atoms with Crippen LogP contribution in [-0.2, 0) is 0 Å². The standard InChI is InChI=1S/C17H36N.CN/c1-3-5-6-7-8-9-10-11-15-18(14-4-2)16-12-13-17-18;1-2/h3-17H2,1-2H3;/q+1;-1. The van der Waals surface area contributed by atoms with Gasteiger partial charge in [0.15, 0.2) is 0 Å². The summed E-state index contributed by atoms with van der Waals surface area (Å²) in [5.74, 6) is 0. The summed E-state index contributed by atoms with van der Waals surface area (Å²) in [4.78, 5) is 0. The van der Waals surface area contributed by atoms with Crippen LogP contribution < -0.4 is 0 Å². The fourth-order valence-electron chi connectivity index (χ4n) is 3.62. The van der Waals surface area contributed by atoms with Crippen LogP contribution in [0.15, 0.2) is 0 Å². The molecule has 0 spiro atoms. The van der Waals surface area contributed by atoms with Gasteiger partial charge in [-0.15, -0.1) is 0 Å². The van der Waals surface area contributed by atoms with Gasteiger partial charge in [-0.25, -0.2) is 0 Å². The highest BCUT2D eigenvalue weighted by Crippen LogP contribution is 2.21. The minimum Gasteiger partial charge on any atom is -0.512 e. The second-order valence-electron chi connectivity index (χ2n) is 6.42. The van der Waals surface area contributed by atoms with E-state index in [1.54, 1.807) is 0 Å². The number of unbranched alkanes of at least 4 members (excludes halogenated alkanes) is 7.